The van der Waals surface area contributed by atoms with Crippen molar-refractivity contribution in [2.45, 2.75) is 4.90 Å². The molecule has 25 heavy (non-hydrogen) atoms. The maximum Gasteiger partial charge on any atom is 0.233 e. The van der Waals surface area contributed by atoms with Gasteiger partial charge < -0.3 is 21.1 Å². The van der Waals surface area contributed by atoms with E-state index in [9.17, 15) is 8.42 Å². The zero-order valence-electron chi connectivity index (χ0n) is 13.5. The Morgan fingerprint density at radius 2 is 1.76 bits per heavy atom. The molecule has 0 atom stereocenters. The minimum Gasteiger partial charge on any atom is -0.395 e. The SMILES string of the molecule is CNCCS(=O)(=O)c1ccc(Nc2nc(Cl)nc(NCCO)n2)cc1. The molecule has 0 unspecified atom stereocenters. The van der Waals surface area contributed by atoms with E-state index in [1.807, 2.05) is 0 Å². The van der Waals surface area contributed by atoms with Crippen LogP contribution in [-0.4, -0.2) is 61.0 Å². The molecule has 0 amide bonds. The standard InChI is InChI=1S/C14H19ClN6O3S/c1-16-7-9-25(23,24)11-4-2-10(3-5-11)18-14-20-12(15)19-13(21-14)17-6-8-22/h2-5,16,22H,6-9H2,1H3,(H2,17,18,19,20,21). The molecule has 0 saturated carbocycles. The van der Waals surface area contributed by atoms with Gasteiger partial charge in [-0.15, -0.1) is 0 Å². The van der Waals surface area contributed by atoms with E-state index in [4.69, 9.17) is 16.7 Å². The summed E-state index contributed by atoms with van der Waals surface area (Å²) in [7, 11) is -1.62. The highest BCUT2D eigenvalue weighted by Gasteiger charge is 2.13. The second-order valence-electron chi connectivity index (χ2n) is 4.97. The number of hydrogen-bond acceptors (Lipinski definition) is 9. The Balaban J connectivity index is 2.12. The first-order valence-electron chi connectivity index (χ1n) is 7.45. The minimum absolute atomic E-state index is 0.01000. The molecule has 1 aromatic carbocycles. The number of sulfone groups is 1. The highest BCUT2D eigenvalue weighted by atomic mass is 35.5. The summed E-state index contributed by atoms with van der Waals surface area (Å²) >= 11 is 5.84. The van der Waals surface area contributed by atoms with Crippen molar-refractivity contribution in [1.29, 1.82) is 0 Å². The zero-order valence-corrected chi connectivity index (χ0v) is 15.1. The first kappa shape index (κ1) is 19.3. The van der Waals surface area contributed by atoms with Crippen LogP contribution < -0.4 is 16.0 Å². The molecule has 4 N–H and O–H groups in total. The predicted octanol–water partition coefficient (Wildman–Crippen LogP) is 0.666. The molecule has 2 aromatic rings. The van der Waals surface area contributed by atoms with Gasteiger partial charge in [-0.05, 0) is 42.9 Å². The van der Waals surface area contributed by atoms with E-state index >= 15 is 0 Å². The Morgan fingerprint density at radius 1 is 1.08 bits per heavy atom. The van der Waals surface area contributed by atoms with Gasteiger partial charge in [-0.3, -0.25) is 0 Å². The molecular formula is C14H19ClN6O3S. The summed E-state index contributed by atoms with van der Waals surface area (Å²) in [6.45, 7) is 0.587. The molecule has 0 saturated heterocycles. The van der Waals surface area contributed by atoms with Crippen molar-refractivity contribution in [3.63, 3.8) is 0 Å². The number of rotatable bonds is 9. The Morgan fingerprint density at radius 3 is 2.40 bits per heavy atom. The molecule has 0 fully saturated rings. The summed E-state index contributed by atoms with van der Waals surface area (Å²) in [5, 5.41) is 17.3. The molecule has 0 radical (unpaired) electrons. The summed E-state index contributed by atoms with van der Waals surface area (Å²) in [6, 6.07) is 6.26. The monoisotopic (exact) mass is 386 g/mol. The maximum absolute atomic E-state index is 12.1. The first-order valence-corrected chi connectivity index (χ1v) is 9.48. The van der Waals surface area contributed by atoms with Crippen LogP contribution in [-0.2, 0) is 9.84 Å². The van der Waals surface area contributed by atoms with Crippen molar-refractivity contribution >= 4 is 39.0 Å². The van der Waals surface area contributed by atoms with Crippen LogP contribution in [0.15, 0.2) is 29.2 Å². The van der Waals surface area contributed by atoms with Crippen molar-refractivity contribution in [2.24, 2.45) is 0 Å². The fourth-order valence-corrected chi connectivity index (χ4v) is 3.30. The number of aliphatic hydroxyl groups excluding tert-OH is 1. The van der Waals surface area contributed by atoms with Crippen LogP contribution in [0.1, 0.15) is 0 Å². The third-order valence-corrected chi connectivity index (χ3v) is 4.99. The highest BCUT2D eigenvalue weighted by molar-refractivity contribution is 7.91. The van der Waals surface area contributed by atoms with Crippen LogP contribution >= 0.6 is 11.6 Å². The lowest BCUT2D eigenvalue weighted by atomic mass is 10.3. The van der Waals surface area contributed by atoms with Gasteiger partial charge in [0, 0.05) is 18.8 Å². The minimum atomic E-state index is -3.32. The van der Waals surface area contributed by atoms with Crippen molar-refractivity contribution in [3.05, 3.63) is 29.5 Å². The predicted molar refractivity (Wildman–Crippen MR) is 96.1 cm³/mol. The fourth-order valence-electron chi connectivity index (χ4n) is 1.88. The van der Waals surface area contributed by atoms with Gasteiger partial charge in [0.25, 0.3) is 0 Å². The molecule has 0 aliphatic heterocycles. The maximum atomic E-state index is 12.1. The molecule has 0 bridgehead atoms. The van der Waals surface area contributed by atoms with Crippen LogP contribution in [0.4, 0.5) is 17.6 Å². The Hall–Kier alpha value is -2.01. The third-order valence-electron chi connectivity index (χ3n) is 3.09. The van der Waals surface area contributed by atoms with Crippen LogP contribution in [0.2, 0.25) is 5.28 Å². The van der Waals surface area contributed by atoms with Gasteiger partial charge >= 0.3 is 0 Å². The fraction of sp³-hybridized carbons (Fsp3) is 0.357. The van der Waals surface area contributed by atoms with Gasteiger partial charge in [0.15, 0.2) is 9.84 Å². The molecule has 0 aliphatic rings. The summed E-state index contributed by atoms with van der Waals surface area (Å²) in [6.07, 6.45) is 0. The van der Waals surface area contributed by atoms with E-state index in [1.54, 1.807) is 19.2 Å². The molecule has 0 aliphatic carbocycles. The number of nitrogens with one attached hydrogen (secondary N) is 3. The summed E-state index contributed by atoms with van der Waals surface area (Å²) < 4.78 is 24.2. The van der Waals surface area contributed by atoms with E-state index in [-0.39, 0.29) is 41.0 Å². The summed E-state index contributed by atoms with van der Waals surface area (Å²) in [5.41, 5.74) is 0.600. The largest absolute Gasteiger partial charge is 0.395 e. The lowest BCUT2D eigenvalue weighted by molar-refractivity contribution is 0.311. The average Bonchev–Trinajstić information content (AvgIpc) is 2.58. The number of benzene rings is 1. The van der Waals surface area contributed by atoms with Gasteiger partial charge in [0.05, 0.1) is 17.3 Å². The lowest BCUT2D eigenvalue weighted by Crippen LogP contribution is -2.19. The Kier molecular flexibility index (Phi) is 6.88. The van der Waals surface area contributed by atoms with Gasteiger partial charge in [-0.1, -0.05) is 0 Å². The molecule has 136 valence electrons. The van der Waals surface area contributed by atoms with Crippen LogP contribution in [0.5, 0.6) is 0 Å². The van der Waals surface area contributed by atoms with Crippen molar-refractivity contribution < 1.29 is 13.5 Å². The molecule has 2 rings (SSSR count). The lowest BCUT2D eigenvalue weighted by Gasteiger charge is -2.09. The zero-order chi connectivity index (χ0) is 18.3. The quantitative estimate of drug-likeness (QED) is 0.491. The number of halogens is 1. The Labute approximate surface area is 150 Å². The molecule has 9 nitrogen and oxygen atoms in total. The van der Waals surface area contributed by atoms with E-state index in [0.717, 1.165) is 0 Å². The summed E-state index contributed by atoms with van der Waals surface area (Å²) in [4.78, 5) is 12.2. The van der Waals surface area contributed by atoms with Crippen LogP contribution in [0.25, 0.3) is 0 Å². The van der Waals surface area contributed by atoms with Crippen LogP contribution in [0.3, 0.4) is 0 Å². The van der Waals surface area contributed by atoms with Gasteiger partial charge in [0.1, 0.15) is 0 Å². The number of aromatic nitrogens is 3. The molecule has 0 spiro atoms. The third kappa shape index (κ3) is 5.78. The molecule has 1 aromatic heterocycles. The van der Waals surface area contributed by atoms with E-state index in [0.29, 0.717) is 12.2 Å². The van der Waals surface area contributed by atoms with Gasteiger partial charge in [0.2, 0.25) is 17.2 Å². The smallest absolute Gasteiger partial charge is 0.233 e. The molecule has 11 heteroatoms. The van der Waals surface area contributed by atoms with Crippen LogP contribution in [0, 0.1) is 0 Å². The van der Waals surface area contributed by atoms with Crippen molar-refractivity contribution in [2.75, 3.05) is 43.1 Å². The average molecular weight is 387 g/mol. The summed E-state index contributed by atoms with van der Waals surface area (Å²) in [5.74, 6) is 0.452. The van der Waals surface area contributed by atoms with E-state index in [1.165, 1.54) is 12.1 Å². The van der Waals surface area contributed by atoms with Gasteiger partial charge in [-0.2, -0.15) is 15.0 Å². The highest BCUT2D eigenvalue weighted by Crippen LogP contribution is 2.19. The second kappa shape index (κ2) is 8.90. The van der Waals surface area contributed by atoms with Gasteiger partial charge in [-0.25, -0.2) is 8.42 Å². The molecular weight excluding hydrogens is 368 g/mol. The van der Waals surface area contributed by atoms with Crippen molar-refractivity contribution in [1.82, 2.24) is 20.3 Å². The van der Waals surface area contributed by atoms with E-state index < -0.39 is 9.84 Å². The number of aliphatic hydroxyl groups is 1. The second-order valence-corrected chi connectivity index (χ2v) is 7.42. The Bertz CT molecular complexity index is 801. The molecule has 1 heterocycles. The topological polar surface area (TPSA) is 129 Å². The normalized spacial score (nSPS) is 11.3. The number of hydrogen-bond donors (Lipinski definition) is 4. The van der Waals surface area contributed by atoms with Crippen molar-refractivity contribution in [3.8, 4) is 0 Å². The number of anilines is 3. The van der Waals surface area contributed by atoms with E-state index in [2.05, 4.69) is 30.9 Å². The first-order chi connectivity index (χ1) is 11.9. The number of nitrogens with zero attached hydrogens (tertiary/aromatic N) is 3.